The second kappa shape index (κ2) is 6.07. The second-order valence-electron chi connectivity index (χ2n) is 9.03. The first kappa shape index (κ1) is 17.2. The molecule has 0 fully saturated rings. The number of benzene rings is 3. The van der Waals surface area contributed by atoms with E-state index in [0.29, 0.717) is 6.42 Å². The molecule has 140 valence electrons. The molecule has 3 aromatic carbocycles. The third-order valence-electron chi connectivity index (χ3n) is 6.11. The third kappa shape index (κ3) is 2.67. The van der Waals surface area contributed by atoms with Crippen molar-refractivity contribution >= 4 is 27.8 Å². The molecule has 1 unspecified atom stereocenters. The molecule has 1 N–H and O–H groups in total. The molecule has 3 aromatic rings. The minimum Gasteiger partial charge on any atom is -0.373 e. The zero-order valence-electron chi connectivity index (χ0n) is 16.7. The Morgan fingerprint density at radius 3 is 2.61 bits per heavy atom. The number of carbonyl (C=O) groups is 1. The fourth-order valence-corrected chi connectivity index (χ4v) is 4.94. The zero-order chi connectivity index (χ0) is 19.5. The van der Waals surface area contributed by atoms with Crippen LogP contribution >= 0.6 is 0 Å². The molecule has 0 saturated carbocycles. The molecule has 2 heteroatoms. The third-order valence-corrected chi connectivity index (χ3v) is 6.11. The van der Waals surface area contributed by atoms with E-state index < -0.39 is 0 Å². The first-order valence-electron chi connectivity index (χ1n) is 10.0. The number of allylic oxidation sites excluding steroid dienone is 1. The van der Waals surface area contributed by atoms with Crippen LogP contribution in [0.15, 0.2) is 66.2 Å². The number of fused-ring (bicyclic) bond motifs is 4. The van der Waals surface area contributed by atoms with Crippen molar-refractivity contribution in [2.75, 3.05) is 5.32 Å². The lowest BCUT2D eigenvalue weighted by Crippen LogP contribution is -2.33. The van der Waals surface area contributed by atoms with E-state index in [0.717, 1.165) is 17.7 Å². The first-order chi connectivity index (χ1) is 13.4. The van der Waals surface area contributed by atoms with Gasteiger partial charge >= 0.3 is 0 Å². The maximum atomic E-state index is 13.4. The summed E-state index contributed by atoms with van der Waals surface area (Å²) >= 11 is 0. The summed E-state index contributed by atoms with van der Waals surface area (Å²) in [6.07, 6.45) is 1.54. The van der Waals surface area contributed by atoms with Crippen molar-refractivity contribution in [2.24, 2.45) is 5.41 Å². The Balaban J connectivity index is 1.81. The van der Waals surface area contributed by atoms with Crippen molar-refractivity contribution in [2.45, 2.75) is 39.7 Å². The van der Waals surface area contributed by atoms with Gasteiger partial charge in [0.05, 0.1) is 6.04 Å². The van der Waals surface area contributed by atoms with Gasteiger partial charge in [-0.05, 0) is 46.7 Å². The first-order valence-corrected chi connectivity index (χ1v) is 10.0. The summed E-state index contributed by atoms with van der Waals surface area (Å²) < 4.78 is 0. The maximum Gasteiger partial charge on any atom is 0.162 e. The molecule has 28 heavy (non-hydrogen) atoms. The topological polar surface area (TPSA) is 29.1 Å². The number of hydrogen-bond acceptors (Lipinski definition) is 2. The Labute approximate surface area is 166 Å². The van der Waals surface area contributed by atoms with E-state index in [1.165, 1.54) is 33.0 Å². The van der Waals surface area contributed by atoms with E-state index in [4.69, 9.17) is 0 Å². The normalized spacial score (nSPS) is 20.5. The number of anilines is 1. The van der Waals surface area contributed by atoms with Gasteiger partial charge in [0, 0.05) is 23.2 Å². The molecule has 0 bridgehead atoms. The van der Waals surface area contributed by atoms with Gasteiger partial charge in [-0.3, -0.25) is 4.79 Å². The highest BCUT2D eigenvalue weighted by atomic mass is 16.1. The Morgan fingerprint density at radius 2 is 1.79 bits per heavy atom. The van der Waals surface area contributed by atoms with Gasteiger partial charge in [-0.1, -0.05) is 74.0 Å². The van der Waals surface area contributed by atoms with Gasteiger partial charge in [-0.25, -0.2) is 0 Å². The van der Waals surface area contributed by atoms with E-state index in [1.807, 2.05) is 0 Å². The maximum absolute atomic E-state index is 13.4. The molecule has 1 aliphatic heterocycles. The summed E-state index contributed by atoms with van der Waals surface area (Å²) in [5.41, 5.74) is 6.92. The van der Waals surface area contributed by atoms with E-state index in [2.05, 4.69) is 86.8 Å². The van der Waals surface area contributed by atoms with Gasteiger partial charge in [-0.2, -0.15) is 0 Å². The average molecular weight is 367 g/mol. The number of nitrogens with one attached hydrogen (secondary N) is 1. The highest BCUT2D eigenvalue weighted by Gasteiger charge is 2.40. The van der Waals surface area contributed by atoms with Crippen molar-refractivity contribution in [3.63, 3.8) is 0 Å². The van der Waals surface area contributed by atoms with E-state index in [1.54, 1.807) is 0 Å². The van der Waals surface area contributed by atoms with Gasteiger partial charge in [-0.15, -0.1) is 0 Å². The molecule has 0 saturated heterocycles. The van der Waals surface area contributed by atoms with Crippen molar-refractivity contribution in [1.29, 1.82) is 0 Å². The minimum absolute atomic E-state index is 0.0153. The summed E-state index contributed by atoms with van der Waals surface area (Å²) in [5, 5.41) is 6.16. The average Bonchev–Trinajstić information content (AvgIpc) is 2.66. The van der Waals surface area contributed by atoms with Crippen LogP contribution in [0, 0.1) is 12.3 Å². The predicted octanol–water partition coefficient (Wildman–Crippen LogP) is 6.46. The number of ketones is 1. The lowest BCUT2D eigenvalue weighted by molar-refractivity contribution is -0.118. The number of hydrogen-bond donors (Lipinski definition) is 1. The largest absolute Gasteiger partial charge is 0.373 e. The lowest BCUT2D eigenvalue weighted by Gasteiger charge is -2.40. The minimum atomic E-state index is -0.0767. The van der Waals surface area contributed by atoms with Crippen molar-refractivity contribution in [1.82, 2.24) is 0 Å². The smallest absolute Gasteiger partial charge is 0.162 e. The molecule has 0 aromatic heterocycles. The highest BCUT2D eigenvalue weighted by molar-refractivity contribution is 6.12. The molecule has 1 aliphatic carbocycles. The molecular weight excluding hydrogens is 342 g/mol. The molecule has 2 nitrogen and oxygen atoms in total. The van der Waals surface area contributed by atoms with Gasteiger partial charge in [0.15, 0.2) is 5.78 Å². The monoisotopic (exact) mass is 367 g/mol. The summed E-state index contributed by atoms with van der Waals surface area (Å²) in [6.45, 7) is 6.53. The molecule has 1 heterocycles. The summed E-state index contributed by atoms with van der Waals surface area (Å²) in [7, 11) is 0. The predicted molar refractivity (Wildman–Crippen MR) is 116 cm³/mol. The van der Waals surface area contributed by atoms with Crippen molar-refractivity contribution in [3.8, 4) is 0 Å². The number of carbonyl (C=O) groups excluding carboxylic acids is 1. The van der Waals surface area contributed by atoms with Gasteiger partial charge < -0.3 is 5.32 Å². The molecule has 0 radical (unpaired) electrons. The van der Waals surface area contributed by atoms with Crippen LogP contribution in [-0.4, -0.2) is 5.78 Å². The number of rotatable bonds is 1. The Kier molecular flexibility index (Phi) is 3.74. The summed E-state index contributed by atoms with van der Waals surface area (Å²) in [4.78, 5) is 13.4. The molecule has 2 aliphatic rings. The summed E-state index contributed by atoms with van der Waals surface area (Å²) in [5.74, 6) is 0.281. The SMILES string of the molecule is Cc1cccc(C2Nc3ccc4ccccc4c3C3=C2C(=O)CC(C)(C)C3)c1. The fraction of sp³-hybridized carbons (Fsp3) is 0.269. The van der Waals surface area contributed by atoms with Gasteiger partial charge in [0.2, 0.25) is 0 Å². The van der Waals surface area contributed by atoms with Crippen LogP contribution < -0.4 is 5.32 Å². The van der Waals surface area contributed by atoms with Crippen LogP contribution in [0.3, 0.4) is 0 Å². The molecule has 0 amide bonds. The molecule has 0 spiro atoms. The Bertz CT molecular complexity index is 1150. The molecular formula is C26H25NO. The van der Waals surface area contributed by atoms with E-state index in [-0.39, 0.29) is 17.2 Å². The quantitative estimate of drug-likeness (QED) is 0.535. The second-order valence-corrected chi connectivity index (χ2v) is 9.03. The molecule has 5 rings (SSSR count). The van der Waals surface area contributed by atoms with Gasteiger partial charge in [0.25, 0.3) is 0 Å². The number of Topliss-reactive ketones (excluding diaryl/α,β-unsaturated/α-hetero) is 1. The number of aryl methyl sites for hydroxylation is 1. The van der Waals surface area contributed by atoms with Crippen molar-refractivity contribution in [3.05, 3.63) is 82.9 Å². The van der Waals surface area contributed by atoms with Crippen LogP contribution in [0.5, 0.6) is 0 Å². The van der Waals surface area contributed by atoms with Gasteiger partial charge in [0.1, 0.15) is 0 Å². The Morgan fingerprint density at radius 1 is 0.964 bits per heavy atom. The van der Waals surface area contributed by atoms with E-state index in [9.17, 15) is 4.79 Å². The van der Waals surface area contributed by atoms with Crippen LogP contribution in [0.2, 0.25) is 0 Å². The van der Waals surface area contributed by atoms with Crippen molar-refractivity contribution < 1.29 is 4.79 Å². The zero-order valence-corrected chi connectivity index (χ0v) is 16.7. The van der Waals surface area contributed by atoms with Crippen LogP contribution in [0.25, 0.3) is 16.3 Å². The van der Waals surface area contributed by atoms with E-state index >= 15 is 0 Å². The highest BCUT2D eigenvalue weighted by Crippen LogP contribution is 2.51. The fourth-order valence-electron chi connectivity index (χ4n) is 4.94. The lowest BCUT2D eigenvalue weighted by atomic mass is 9.68. The van der Waals surface area contributed by atoms with Crippen LogP contribution in [0.4, 0.5) is 5.69 Å². The summed E-state index contributed by atoms with van der Waals surface area (Å²) in [6, 6.07) is 21.3. The Hall–Kier alpha value is -2.87. The molecule has 1 atom stereocenters. The standard InChI is InChI=1S/C26H25NO/c1-16-7-6-9-18(13-16)25-24-20(14-26(2,3)15-22(24)28)23-19-10-5-4-8-17(19)11-12-21(23)27-25/h4-13,25,27H,14-15H2,1-3H3. The van der Waals surface area contributed by atoms with Crippen LogP contribution in [-0.2, 0) is 4.79 Å². The van der Waals surface area contributed by atoms with Crippen LogP contribution in [0.1, 0.15) is 49.4 Å².